The standard InChI is InChI=1S/C22H24N6O3/c1-12-15(5-4-6-17(12)23)18-7-14-8-19(25-9-16(14)20(24)26-18)27-21(30)31-22(3)10-28(11-22)13(2)29/h4-9H,10-11,23H2,1-3H3,(H2,24,26)(H,25,27,30). The molecule has 5 N–H and O–H groups in total. The molecule has 9 heteroatoms. The van der Waals surface area contributed by atoms with Gasteiger partial charge in [-0.15, -0.1) is 0 Å². The quantitative estimate of drug-likeness (QED) is 0.554. The van der Waals surface area contributed by atoms with Crippen LogP contribution < -0.4 is 16.8 Å². The highest BCUT2D eigenvalue weighted by molar-refractivity contribution is 5.96. The lowest BCUT2D eigenvalue weighted by Crippen LogP contribution is -2.63. The molecule has 1 saturated heterocycles. The second-order valence-electron chi connectivity index (χ2n) is 8.04. The number of ether oxygens (including phenoxy) is 1. The van der Waals surface area contributed by atoms with Crippen LogP contribution in [0, 0.1) is 6.92 Å². The van der Waals surface area contributed by atoms with Crippen LogP contribution in [0.2, 0.25) is 0 Å². The molecule has 0 bridgehead atoms. The van der Waals surface area contributed by atoms with E-state index in [-0.39, 0.29) is 5.91 Å². The van der Waals surface area contributed by atoms with E-state index in [1.165, 1.54) is 6.92 Å². The number of carbonyl (C=O) groups is 2. The number of amides is 2. The summed E-state index contributed by atoms with van der Waals surface area (Å²) in [7, 11) is 0. The van der Waals surface area contributed by atoms with E-state index in [4.69, 9.17) is 16.2 Å². The SMILES string of the molecule is CC(=O)N1CC(C)(OC(=O)Nc2cc3cc(-c4cccc(N)c4C)nc(N)c3cn2)C1. The third-order valence-electron chi connectivity index (χ3n) is 5.46. The van der Waals surface area contributed by atoms with Crippen LogP contribution in [0.5, 0.6) is 0 Å². The fourth-order valence-corrected chi connectivity index (χ4v) is 3.71. The smallest absolute Gasteiger partial charge is 0.413 e. The maximum atomic E-state index is 12.3. The van der Waals surface area contributed by atoms with Gasteiger partial charge in [-0.1, -0.05) is 12.1 Å². The third kappa shape index (κ3) is 3.94. The van der Waals surface area contributed by atoms with E-state index in [1.807, 2.05) is 31.2 Å². The molecule has 0 unspecified atom stereocenters. The average molecular weight is 420 g/mol. The number of likely N-dealkylation sites (tertiary alicyclic amines) is 1. The van der Waals surface area contributed by atoms with Gasteiger partial charge in [0.1, 0.15) is 17.2 Å². The zero-order chi connectivity index (χ0) is 22.3. The number of anilines is 3. The molecule has 0 radical (unpaired) electrons. The molecule has 31 heavy (non-hydrogen) atoms. The van der Waals surface area contributed by atoms with E-state index < -0.39 is 11.7 Å². The summed E-state index contributed by atoms with van der Waals surface area (Å²) in [6, 6.07) is 9.22. The van der Waals surface area contributed by atoms with Crippen LogP contribution >= 0.6 is 0 Å². The van der Waals surface area contributed by atoms with Crippen LogP contribution in [0.15, 0.2) is 36.5 Å². The van der Waals surface area contributed by atoms with Crippen molar-refractivity contribution in [3.05, 3.63) is 42.1 Å². The summed E-state index contributed by atoms with van der Waals surface area (Å²) in [6.45, 7) is 5.93. The maximum Gasteiger partial charge on any atom is 0.413 e. The van der Waals surface area contributed by atoms with Crippen LogP contribution in [0.4, 0.5) is 22.1 Å². The summed E-state index contributed by atoms with van der Waals surface area (Å²) in [4.78, 5) is 34.0. The first-order chi connectivity index (χ1) is 14.6. The van der Waals surface area contributed by atoms with E-state index in [2.05, 4.69) is 15.3 Å². The Morgan fingerprint density at radius 1 is 1.23 bits per heavy atom. The van der Waals surface area contributed by atoms with Crippen LogP contribution in [0.25, 0.3) is 22.0 Å². The minimum Gasteiger partial charge on any atom is -0.439 e. The Balaban J connectivity index is 1.57. The Morgan fingerprint density at radius 3 is 2.68 bits per heavy atom. The van der Waals surface area contributed by atoms with E-state index >= 15 is 0 Å². The van der Waals surface area contributed by atoms with E-state index in [9.17, 15) is 9.59 Å². The molecule has 9 nitrogen and oxygen atoms in total. The van der Waals surface area contributed by atoms with Crippen molar-refractivity contribution in [2.24, 2.45) is 0 Å². The molecule has 4 rings (SSSR count). The minimum atomic E-state index is -0.709. The summed E-state index contributed by atoms with van der Waals surface area (Å²) in [5.74, 6) is 0.613. The molecular formula is C22H24N6O3. The van der Waals surface area contributed by atoms with Crippen molar-refractivity contribution in [3.63, 3.8) is 0 Å². The third-order valence-corrected chi connectivity index (χ3v) is 5.46. The Kier molecular flexibility index (Phi) is 4.88. The molecule has 160 valence electrons. The Bertz CT molecular complexity index is 1200. The number of nitrogen functional groups attached to an aromatic ring is 2. The number of pyridine rings is 2. The van der Waals surface area contributed by atoms with Gasteiger partial charge in [0.15, 0.2) is 0 Å². The molecule has 3 aromatic rings. The highest BCUT2D eigenvalue weighted by atomic mass is 16.6. The second-order valence-corrected chi connectivity index (χ2v) is 8.04. The summed E-state index contributed by atoms with van der Waals surface area (Å²) < 4.78 is 5.48. The molecule has 1 aliphatic rings. The van der Waals surface area contributed by atoms with Crippen molar-refractivity contribution in [1.29, 1.82) is 0 Å². The van der Waals surface area contributed by atoms with Gasteiger partial charge in [0.05, 0.1) is 18.8 Å². The lowest BCUT2D eigenvalue weighted by molar-refractivity contribution is -0.149. The Hall–Kier alpha value is -3.88. The number of carbonyl (C=O) groups excluding carboxylic acids is 2. The van der Waals surface area contributed by atoms with Crippen LogP contribution in [0.3, 0.4) is 0 Å². The maximum absolute atomic E-state index is 12.3. The number of benzene rings is 1. The largest absolute Gasteiger partial charge is 0.439 e. The van der Waals surface area contributed by atoms with E-state index in [0.29, 0.717) is 41.5 Å². The van der Waals surface area contributed by atoms with Crippen molar-refractivity contribution in [2.45, 2.75) is 26.4 Å². The van der Waals surface area contributed by atoms with Crippen molar-refractivity contribution in [1.82, 2.24) is 14.9 Å². The molecule has 2 amide bonds. The molecule has 0 saturated carbocycles. The number of nitrogens with two attached hydrogens (primary N) is 2. The number of hydrogen-bond acceptors (Lipinski definition) is 7. The predicted octanol–water partition coefficient (Wildman–Crippen LogP) is 2.94. The first kappa shape index (κ1) is 20.4. The fourth-order valence-electron chi connectivity index (χ4n) is 3.71. The van der Waals surface area contributed by atoms with Crippen molar-refractivity contribution < 1.29 is 14.3 Å². The summed E-state index contributed by atoms with van der Waals surface area (Å²) >= 11 is 0. The topological polar surface area (TPSA) is 136 Å². The lowest BCUT2D eigenvalue weighted by atomic mass is 9.96. The molecule has 1 fully saturated rings. The van der Waals surface area contributed by atoms with Gasteiger partial charge in [0.25, 0.3) is 0 Å². The number of aromatic nitrogens is 2. The van der Waals surface area contributed by atoms with Gasteiger partial charge in [0.2, 0.25) is 5.91 Å². The highest BCUT2D eigenvalue weighted by Crippen LogP contribution is 2.31. The first-order valence-corrected chi connectivity index (χ1v) is 9.82. The molecule has 1 aliphatic heterocycles. The second kappa shape index (κ2) is 7.42. The average Bonchev–Trinajstić information content (AvgIpc) is 2.67. The zero-order valence-electron chi connectivity index (χ0n) is 17.6. The molecule has 1 aromatic carbocycles. The number of hydrogen-bond donors (Lipinski definition) is 3. The van der Waals surface area contributed by atoms with Gasteiger partial charge in [-0.2, -0.15) is 0 Å². The van der Waals surface area contributed by atoms with Gasteiger partial charge in [-0.05, 0) is 43.0 Å². The van der Waals surface area contributed by atoms with E-state index in [0.717, 1.165) is 16.5 Å². The predicted molar refractivity (Wildman–Crippen MR) is 119 cm³/mol. The van der Waals surface area contributed by atoms with Crippen molar-refractivity contribution >= 4 is 40.1 Å². The van der Waals surface area contributed by atoms with E-state index in [1.54, 1.807) is 24.1 Å². The molecule has 2 aromatic heterocycles. The summed E-state index contributed by atoms with van der Waals surface area (Å²) in [5, 5.41) is 4.09. The van der Waals surface area contributed by atoms with Gasteiger partial charge in [0, 0.05) is 29.8 Å². The Labute approximate surface area is 179 Å². The zero-order valence-corrected chi connectivity index (χ0v) is 17.6. The van der Waals surface area contributed by atoms with Gasteiger partial charge >= 0.3 is 6.09 Å². The fraction of sp³-hybridized carbons (Fsp3) is 0.273. The van der Waals surface area contributed by atoms with Crippen LogP contribution in [-0.2, 0) is 9.53 Å². The molecular weight excluding hydrogens is 396 g/mol. The number of rotatable bonds is 3. The van der Waals surface area contributed by atoms with Crippen LogP contribution in [0.1, 0.15) is 19.4 Å². The van der Waals surface area contributed by atoms with Crippen molar-refractivity contribution in [2.75, 3.05) is 29.9 Å². The molecule has 3 heterocycles. The molecule has 0 spiro atoms. The normalized spacial score (nSPS) is 14.7. The summed E-state index contributed by atoms with van der Waals surface area (Å²) in [5.41, 5.74) is 14.6. The Morgan fingerprint density at radius 2 is 1.97 bits per heavy atom. The highest BCUT2D eigenvalue weighted by Gasteiger charge is 2.43. The minimum absolute atomic E-state index is 0.0462. The lowest BCUT2D eigenvalue weighted by Gasteiger charge is -2.46. The number of fused-ring (bicyclic) bond motifs is 1. The first-order valence-electron chi connectivity index (χ1n) is 9.82. The van der Waals surface area contributed by atoms with Crippen LogP contribution in [-0.4, -0.2) is 45.6 Å². The van der Waals surface area contributed by atoms with Gasteiger partial charge < -0.3 is 21.1 Å². The molecule has 0 aliphatic carbocycles. The number of nitrogens with zero attached hydrogens (tertiary/aromatic N) is 3. The monoisotopic (exact) mass is 420 g/mol. The van der Waals surface area contributed by atoms with Crippen molar-refractivity contribution in [3.8, 4) is 11.3 Å². The summed E-state index contributed by atoms with van der Waals surface area (Å²) in [6.07, 6.45) is 0.928. The van der Waals surface area contributed by atoms with Gasteiger partial charge in [-0.3, -0.25) is 10.1 Å². The number of nitrogens with one attached hydrogen (secondary N) is 1. The van der Waals surface area contributed by atoms with Gasteiger partial charge in [-0.25, -0.2) is 14.8 Å². The molecule has 0 atom stereocenters.